The molecular weight excluding hydrogens is 260 g/mol. The van der Waals surface area contributed by atoms with E-state index in [-0.39, 0.29) is 0 Å². The lowest BCUT2D eigenvalue weighted by atomic mass is 10.2. The Hall–Kier alpha value is -1.34. The summed E-state index contributed by atoms with van der Waals surface area (Å²) < 4.78 is 1.86. The van der Waals surface area contributed by atoms with Gasteiger partial charge in [0, 0.05) is 32.7 Å². The number of fused-ring (bicyclic) bond motifs is 1. The predicted octanol–water partition coefficient (Wildman–Crippen LogP) is 0.883. The molecule has 2 aromatic heterocycles. The van der Waals surface area contributed by atoms with Crippen molar-refractivity contribution in [1.82, 2.24) is 25.1 Å². The molecule has 1 N–H and O–H groups in total. The third-order valence-electron chi connectivity index (χ3n) is 3.50. The van der Waals surface area contributed by atoms with Gasteiger partial charge in [-0.1, -0.05) is 11.8 Å². The van der Waals surface area contributed by atoms with Crippen LogP contribution in [0.1, 0.15) is 6.92 Å². The summed E-state index contributed by atoms with van der Waals surface area (Å²) in [7, 11) is 1.95. The van der Waals surface area contributed by atoms with E-state index in [0.717, 1.165) is 41.6 Å². The molecular formula is C12H18N6S. The Bertz CT molecular complexity index is 595. The smallest absolute Gasteiger partial charge is 0.190 e. The molecule has 0 spiro atoms. The number of hydrogen-bond donors (Lipinski definition) is 1. The van der Waals surface area contributed by atoms with Crippen LogP contribution in [0.3, 0.4) is 0 Å². The van der Waals surface area contributed by atoms with Crippen molar-refractivity contribution in [2.24, 2.45) is 7.05 Å². The van der Waals surface area contributed by atoms with Crippen LogP contribution in [0.2, 0.25) is 0 Å². The van der Waals surface area contributed by atoms with E-state index in [1.165, 1.54) is 0 Å². The minimum Gasteiger partial charge on any atom is -0.349 e. The number of nitrogens with one attached hydrogen (secondary N) is 1. The summed E-state index contributed by atoms with van der Waals surface area (Å²) in [5.74, 6) is 1.00. The van der Waals surface area contributed by atoms with Gasteiger partial charge in [0.1, 0.15) is 11.0 Å². The highest BCUT2D eigenvalue weighted by molar-refractivity contribution is 7.98. The zero-order valence-corrected chi connectivity index (χ0v) is 12.2. The Labute approximate surface area is 116 Å². The molecule has 0 unspecified atom stereocenters. The van der Waals surface area contributed by atoms with Crippen molar-refractivity contribution in [2.75, 3.05) is 30.8 Å². The standard InChI is InChI=1S/C12H18N6S/c1-8-6-13-4-5-18(8)11-10-9(7-14-17(10)2)15-12(16-11)19-3/h7-8,13H,4-6H2,1-3H3/t8-/m0/s1. The molecule has 7 heteroatoms. The van der Waals surface area contributed by atoms with Crippen molar-refractivity contribution in [3.63, 3.8) is 0 Å². The van der Waals surface area contributed by atoms with E-state index in [2.05, 4.69) is 27.2 Å². The predicted molar refractivity (Wildman–Crippen MR) is 77.8 cm³/mol. The molecule has 19 heavy (non-hydrogen) atoms. The van der Waals surface area contributed by atoms with Crippen LogP contribution >= 0.6 is 11.8 Å². The number of aryl methyl sites for hydroxylation is 1. The quantitative estimate of drug-likeness (QED) is 0.650. The van der Waals surface area contributed by atoms with E-state index < -0.39 is 0 Å². The summed E-state index contributed by atoms with van der Waals surface area (Å²) in [5.41, 5.74) is 1.94. The molecule has 1 aliphatic rings. The molecule has 3 rings (SSSR count). The van der Waals surface area contributed by atoms with Crippen molar-refractivity contribution in [3.8, 4) is 0 Å². The maximum Gasteiger partial charge on any atom is 0.190 e. The molecule has 1 fully saturated rings. The monoisotopic (exact) mass is 278 g/mol. The summed E-state index contributed by atoms with van der Waals surface area (Å²) in [4.78, 5) is 11.6. The van der Waals surface area contributed by atoms with Crippen LogP contribution < -0.4 is 10.2 Å². The summed E-state index contributed by atoms with van der Waals surface area (Å²) in [6.07, 6.45) is 3.82. The van der Waals surface area contributed by atoms with Gasteiger partial charge in [0.15, 0.2) is 11.0 Å². The molecule has 2 aromatic rings. The maximum atomic E-state index is 4.72. The van der Waals surface area contributed by atoms with Crippen molar-refractivity contribution in [1.29, 1.82) is 0 Å². The van der Waals surface area contributed by atoms with E-state index in [4.69, 9.17) is 4.98 Å². The summed E-state index contributed by atoms with van der Waals surface area (Å²) in [5, 5.41) is 8.53. The van der Waals surface area contributed by atoms with E-state index in [0.29, 0.717) is 6.04 Å². The fourth-order valence-corrected chi connectivity index (χ4v) is 2.85. The van der Waals surface area contributed by atoms with Gasteiger partial charge in [0.25, 0.3) is 0 Å². The van der Waals surface area contributed by atoms with Crippen LogP contribution in [0.25, 0.3) is 11.0 Å². The average Bonchev–Trinajstić information content (AvgIpc) is 2.80. The van der Waals surface area contributed by atoms with Gasteiger partial charge in [-0.3, -0.25) is 4.68 Å². The number of hydrogen-bond acceptors (Lipinski definition) is 6. The molecule has 3 heterocycles. The van der Waals surface area contributed by atoms with Gasteiger partial charge in [-0.15, -0.1) is 0 Å². The fourth-order valence-electron chi connectivity index (χ4n) is 2.49. The number of nitrogens with zero attached hydrogens (tertiary/aromatic N) is 5. The van der Waals surface area contributed by atoms with Gasteiger partial charge in [0.05, 0.1) is 6.20 Å². The second kappa shape index (κ2) is 4.97. The highest BCUT2D eigenvalue weighted by atomic mass is 32.2. The number of thioether (sulfide) groups is 1. The molecule has 1 aliphatic heterocycles. The first-order valence-electron chi connectivity index (χ1n) is 6.42. The topological polar surface area (TPSA) is 58.9 Å². The summed E-state index contributed by atoms with van der Waals surface area (Å²) in [6.45, 7) is 5.15. The first kappa shape index (κ1) is 12.7. The van der Waals surface area contributed by atoms with Crippen LogP contribution in [0.15, 0.2) is 11.4 Å². The van der Waals surface area contributed by atoms with Crippen LogP contribution in [0.5, 0.6) is 0 Å². The van der Waals surface area contributed by atoms with Crippen molar-refractivity contribution in [2.45, 2.75) is 18.1 Å². The third-order valence-corrected chi connectivity index (χ3v) is 4.05. The van der Waals surface area contributed by atoms with E-state index in [9.17, 15) is 0 Å². The van der Waals surface area contributed by atoms with Crippen LogP contribution in [0.4, 0.5) is 5.82 Å². The van der Waals surface area contributed by atoms with Crippen molar-refractivity contribution in [3.05, 3.63) is 6.20 Å². The zero-order chi connectivity index (χ0) is 13.4. The van der Waals surface area contributed by atoms with Crippen LogP contribution in [-0.4, -0.2) is 51.7 Å². The second-order valence-corrected chi connectivity index (χ2v) is 5.56. The second-order valence-electron chi connectivity index (χ2n) is 4.78. The van der Waals surface area contributed by atoms with Gasteiger partial charge >= 0.3 is 0 Å². The van der Waals surface area contributed by atoms with Gasteiger partial charge in [-0.05, 0) is 13.2 Å². The van der Waals surface area contributed by atoms with Crippen LogP contribution in [-0.2, 0) is 7.05 Å². The maximum absolute atomic E-state index is 4.72. The number of rotatable bonds is 2. The summed E-state index contributed by atoms with van der Waals surface area (Å²) >= 11 is 1.57. The molecule has 0 radical (unpaired) electrons. The Morgan fingerprint density at radius 3 is 3.00 bits per heavy atom. The Balaban J connectivity index is 2.16. The summed E-state index contributed by atoms with van der Waals surface area (Å²) in [6, 6.07) is 0.427. The molecule has 0 aliphatic carbocycles. The normalized spacial score (nSPS) is 20.2. The first-order valence-corrected chi connectivity index (χ1v) is 7.64. The highest BCUT2D eigenvalue weighted by Gasteiger charge is 2.24. The molecule has 6 nitrogen and oxygen atoms in total. The van der Waals surface area contributed by atoms with Gasteiger partial charge in [0.2, 0.25) is 0 Å². The molecule has 1 saturated heterocycles. The minimum absolute atomic E-state index is 0.427. The van der Waals surface area contributed by atoms with Gasteiger partial charge in [-0.2, -0.15) is 5.10 Å². The Kier molecular flexibility index (Phi) is 3.32. The lowest BCUT2D eigenvalue weighted by Gasteiger charge is -2.35. The fraction of sp³-hybridized carbons (Fsp3) is 0.583. The molecule has 0 amide bonds. The van der Waals surface area contributed by atoms with Gasteiger partial charge in [-0.25, -0.2) is 9.97 Å². The number of anilines is 1. The highest BCUT2D eigenvalue weighted by Crippen LogP contribution is 2.27. The Morgan fingerprint density at radius 1 is 1.42 bits per heavy atom. The van der Waals surface area contributed by atoms with Crippen molar-refractivity contribution >= 4 is 28.6 Å². The SMILES string of the molecule is CSc1nc(N2CCNC[C@@H]2C)c2c(cnn2C)n1. The van der Waals surface area contributed by atoms with E-state index in [1.54, 1.807) is 11.8 Å². The number of piperazine rings is 1. The van der Waals surface area contributed by atoms with Gasteiger partial charge < -0.3 is 10.2 Å². The largest absolute Gasteiger partial charge is 0.349 e. The third kappa shape index (κ3) is 2.17. The molecule has 0 saturated carbocycles. The Morgan fingerprint density at radius 2 is 2.26 bits per heavy atom. The first-order chi connectivity index (χ1) is 9.20. The molecule has 1 atom stereocenters. The molecule has 0 bridgehead atoms. The molecule has 102 valence electrons. The molecule has 0 aromatic carbocycles. The lowest BCUT2D eigenvalue weighted by molar-refractivity contribution is 0.496. The van der Waals surface area contributed by atoms with Crippen molar-refractivity contribution < 1.29 is 0 Å². The van der Waals surface area contributed by atoms with E-state index in [1.807, 2.05) is 24.2 Å². The minimum atomic E-state index is 0.427. The van der Waals surface area contributed by atoms with Crippen LogP contribution in [0, 0.1) is 0 Å². The average molecular weight is 278 g/mol. The zero-order valence-electron chi connectivity index (χ0n) is 11.4. The van der Waals surface area contributed by atoms with E-state index >= 15 is 0 Å². The number of aromatic nitrogens is 4. The lowest BCUT2D eigenvalue weighted by Crippen LogP contribution is -2.50.